The topological polar surface area (TPSA) is 83.6 Å². The summed E-state index contributed by atoms with van der Waals surface area (Å²) in [6, 6.07) is 14.3. The van der Waals surface area contributed by atoms with Gasteiger partial charge in [-0.1, -0.05) is 19.8 Å². The highest BCUT2D eigenvalue weighted by Gasteiger charge is 2.43. The Bertz CT molecular complexity index is 1470. The number of ether oxygens (including phenoxy) is 1. The molecule has 7 heteroatoms. The van der Waals surface area contributed by atoms with E-state index in [1.807, 2.05) is 31.2 Å². The molecule has 42 heavy (non-hydrogen) atoms. The summed E-state index contributed by atoms with van der Waals surface area (Å²) in [5.41, 5.74) is 5.49. The molecule has 222 valence electrons. The number of methoxy groups -OCH3 is 1. The summed E-state index contributed by atoms with van der Waals surface area (Å²) in [7, 11) is 3.75. The zero-order valence-corrected chi connectivity index (χ0v) is 25.4. The number of aromatic nitrogens is 1. The van der Waals surface area contributed by atoms with Crippen LogP contribution < -0.4 is 15.4 Å². The van der Waals surface area contributed by atoms with E-state index in [-0.39, 0.29) is 29.7 Å². The number of nitrogens with zero attached hydrogens (tertiary/aromatic N) is 2. The number of ketones is 1. The van der Waals surface area contributed by atoms with E-state index in [0.29, 0.717) is 23.0 Å². The lowest BCUT2D eigenvalue weighted by atomic mass is 9.65. The molecule has 1 aliphatic heterocycles. The zero-order valence-electron chi connectivity index (χ0n) is 25.4. The molecule has 1 aromatic heterocycles. The Labute approximate surface area is 249 Å². The number of pyridine rings is 1. The number of likely N-dealkylation sites (tertiary alicyclic amines) is 1. The second-order valence-electron chi connectivity index (χ2n) is 12.7. The Hall–Kier alpha value is -3.45. The number of Topliss-reactive ketones (excluding diaryl/α,β-unsaturated/α-hetero) is 1. The number of piperidine rings is 1. The summed E-state index contributed by atoms with van der Waals surface area (Å²) in [6.07, 6.45) is 7.73. The third kappa shape index (κ3) is 5.51. The van der Waals surface area contributed by atoms with Crippen LogP contribution in [0.4, 0.5) is 11.4 Å². The Kier molecular flexibility index (Phi) is 8.22. The van der Waals surface area contributed by atoms with Crippen LogP contribution in [-0.4, -0.2) is 54.9 Å². The summed E-state index contributed by atoms with van der Waals surface area (Å²) in [5.74, 6) is 1.66. The molecule has 0 bridgehead atoms. The number of carbonyl (C=O) groups is 2. The minimum atomic E-state index is -0.163. The highest BCUT2D eigenvalue weighted by molar-refractivity contribution is 5.96. The highest BCUT2D eigenvalue weighted by Crippen LogP contribution is 2.50. The predicted octanol–water partition coefficient (Wildman–Crippen LogP) is 6.80. The Morgan fingerprint density at radius 1 is 1.05 bits per heavy atom. The van der Waals surface area contributed by atoms with Crippen molar-refractivity contribution in [2.75, 3.05) is 32.6 Å². The van der Waals surface area contributed by atoms with Crippen molar-refractivity contribution in [2.24, 2.45) is 11.8 Å². The normalized spacial score (nSPS) is 23.6. The Morgan fingerprint density at radius 2 is 1.81 bits per heavy atom. The van der Waals surface area contributed by atoms with Gasteiger partial charge in [-0.15, -0.1) is 0 Å². The van der Waals surface area contributed by atoms with Gasteiger partial charge in [-0.25, -0.2) is 0 Å². The second kappa shape index (κ2) is 12.0. The third-order valence-electron chi connectivity index (χ3n) is 10.0. The average Bonchev–Trinajstić information content (AvgIpc) is 3.54. The van der Waals surface area contributed by atoms with Crippen molar-refractivity contribution in [3.05, 3.63) is 59.3 Å². The highest BCUT2D eigenvalue weighted by atomic mass is 16.5. The van der Waals surface area contributed by atoms with Crippen molar-refractivity contribution >= 4 is 34.0 Å². The molecule has 0 spiro atoms. The summed E-state index contributed by atoms with van der Waals surface area (Å²) in [5, 5.41) is 7.77. The van der Waals surface area contributed by atoms with E-state index in [9.17, 15) is 9.59 Å². The van der Waals surface area contributed by atoms with Gasteiger partial charge in [0.25, 0.3) is 5.91 Å². The van der Waals surface area contributed by atoms with E-state index >= 15 is 0 Å². The molecule has 2 fully saturated rings. The molecule has 2 heterocycles. The van der Waals surface area contributed by atoms with E-state index in [1.165, 1.54) is 31.2 Å². The van der Waals surface area contributed by atoms with Crippen molar-refractivity contribution in [1.29, 1.82) is 0 Å². The minimum Gasteiger partial charge on any atom is -0.495 e. The van der Waals surface area contributed by atoms with Crippen LogP contribution in [0.15, 0.2) is 42.5 Å². The standard InChI is InChI=1S/C35H44N4O3/c1-5-27-32(22-8-6-7-9-22)28-19-24-18-26(11-13-29(24)38-33(28)21(2)34(27)40)36-30-12-10-23(20-31(30)42-4)35(41)37-25-14-16-39(3)17-15-25/h10-13,18-22,25,27,32,36H,5-9,14-17H2,1-4H3,(H,37,41)/t21?,27-,32?/m1/s1. The van der Waals surface area contributed by atoms with Crippen molar-refractivity contribution in [3.63, 3.8) is 0 Å². The van der Waals surface area contributed by atoms with Gasteiger partial charge in [-0.3, -0.25) is 14.6 Å². The first-order valence-electron chi connectivity index (χ1n) is 15.8. The van der Waals surface area contributed by atoms with E-state index < -0.39 is 0 Å². The predicted molar refractivity (Wildman–Crippen MR) is 168 cm³/mol. The third-order valence-corrected chi connectivity index (χ3v) is 10.0. The molecule has 1 amide bonds. The van der Waals surface area contributed by atoms with Crippen molar-refractivity contribution in [3.8, 4) is 5.75 Å². The first-order valence-corrected chi connectivity index (χ1v) is 15.8. The Morgan fingerprint density at radius 3 is 2.52 bits per heavy atom. The van der Waals surface area contributed by atoms with Gasteiger partial charge in [-0.05, 0) is 119 Å². The van der Waals surface area contributed by atoms with Crippen LogP contribution in [0.3, 0.4) is 0 Å². The molecule has 3 aliphatic rings. The van der Waals surface area contributed by atoms with E-state index in [4.69, 9.17) is 9.72 Å². The number of rotatable bonds is 7. The number of fused-ring (bicyclic) bond motifs is 2. The Balaban J connectivity index is 1.26. The maximum absolute atomic E-state index is 13.4. The van der Waals surface area contributed by atoms with Crippen LogP contribution in [0, 0.1) is 11.8 Å². The van der Waals surface area contributed by atoms with E-state index in [2.05, 4.69) is 41.6 Å². The molecule has 2 aromatic carbocycles. The molecule has 7 nitrogen and oxygen atoms in total. The fourth-order valence-electron chi connectivity index (χ4n) is 7.62. The maximum Gasteiger partial charge on any atom is 0.251 e. The van der Waals surface area contributed by atoms with Gasteiger partial charge in [0.05, 0.1) is 29.9 Å². The van der Waals surface area contributed by atoms with E-state index in [0.717, 1.165) is 60.3 Å². The van der Waals surface area contributed by atoms with Crippen LogP contribution in [0.5, 0.6) is 5.75 Å². The fourth-order valence-corrected chi connectivity index (χ4v) is 7.62. The number of hydrogen-bond donors (Lipinski definition) is 2. The van der Waals surface area contributed by atoms with Crippen molar-refractivity contribution in [2.45, 2.75) is 76.7 Å². The summed E-state index contributed by atoms with van der Waals surface area (Å²) in [4.78, 5) is 33.8. The van der Waals surface area contributed by atoms with Gasteiger partial charge in [-0.2, -0.15) is 0 Å². The van der Waals surface area contributed by atoms with E-state index in [1.54, 1.807) is 13.2 Å². The first-order chi connectivity index (χ1) is 20.4. The lowest BCUT2D eigenvalue weighted by Gasteiger charge is -2.38. The minimum absolute atomic E-state index is 0.0640. The molecule has 3 aromatic rings. The lowest BCUT2D eigenvalue weighted by molar-refractivity contribution is -0.126. The number of nitrogens with one attached hydrogen (secondary N) is 2. The summed E-state index contributed by atoms with van der Waals surface area (Å²) in [6.45, 7) is 6.20. The summed E-state index contributed by atoms with van der Waals surface area (Å²) < 4.78 is 5.70. The number of carbonyl (C=O) groups excluding carboxylic acids is 2. The number of hydrogen-bond acceptors (Lipinski definition) is 6. The van der Waals surface area contributed by atoms with Gasteiger partial charge < -0.3 is 20.3 Å². The number of anilines is 2. The van der Waals surface area contributed by atoms with Crippen LogP contribution in [0.25, 0.3) is 10.9 Å². The molecule has 1 saturated heterocycles. The molecule has 0 radical (unpaired) electrons. The van der Waals surface area contributed by atoms with Gasteiger partial charge in [0.1, 0.15) is 11.5 Å². The monoisotopic (exact) mass is 568 g/mol. The summed E-state index contributed by atoms with van der Waals surface area (Å²) >= 11 is 0. The molecule has 3 atom stereocenters. The second-order valence-corrected chi connectivity index (χ2v) is 12.7. The SMILES string of the molecule is CC[C@H]1C(=O)C(C)c2nc3ccc(Nc4ccc(C(=O)NC5CCN(C)CC5)cc4OC)cc3cc2C1C1CCCC1. The van der Waals surface area contributed by atoms with Crippen LogP contribution >= 0.6 is 0 Å². The van der Waals surface area contributed by atoms with Crippen molar-refractivity contribution in [1.82, 2.24) is 15.2 Å². The molecule has 2 N–H and O–H groups in total. The zero-order chi connectivity index (χ0) is 29.4. The fraction of sp³-hybridized carbons (Fsp3) is 0.514. The quantitative estimate of drug-likeness (QED) is 0.326. The largest absolute Gasteiger partial charge is 0.495 e. The van der Waals surface area contributed by atoms with Crippen LogP contribution in [0.2, 0.25) is 0 Å². The van der Waals surface area contributed by atoms with Crippen LogP contribution in [-0.2, 0) is 4.79 Å². The van der Waals surface area contributed by atoms with Gasteiger partial charge in [0.2, 0.25) is 0 Å². The van der Waals surface area contributed by atoms with Gasteiger partial charge in [0.15, 0.2) is 0 Å². The van der Waals surface area contributed by atoms with Gasteiger partial charge in [0, 0.05) is 28.6 Å². The molecule has 6 rings (SSSR count). The molecular formula is C35H44N4O3. The van der Waals surface area contributed by atoms with Crippen LogP contribution in [0.1, 0.15) is 92.2 Å². The first kappa shape index (κ1) is 28.7. The molecule has 2 unspecified atom stereocenters. The number of benzene rings is 2. The number of amides is 1. The molecule has 1 saturated carbocycles. The smallest absolute Gasteiger partial charge is 0.251 e. The van der Waals surface area contributed by atoms with Gasteiger partial charge >= 0.3 is 0 Å². The lowest BCUT2D eigenvalue weighted by Crippen LogP contribution is -2.43. The average molecular weight is 569 g/mol. The molecular weight excluding hydrogens is 524 g/mol. The molecule has 2 aliphatic carbocycles. The maximum atomic E-state index is 13.4. The van der Waals surface area contributed by atoms with Crippen molar-refractivity contribution < 1.29 is 14.3 Å².